The van der Waals surface area contributed by atoms with Crippen LogP contribution in [0.4, 0.5) is 0 Å². The monoisotopic (exact) mass is 265 g/mol. The molecule has 1 aliphatic rings. The van der Waals surface area contributed by atoms with Crippen LogP contribution < -0.4 is 0 Å². The van der Waals surface area contributed by atoms with E-state index >= 15 is 0 Å². The number of allylic oxidation sites excluding steroid dienone is 4. The Bertz CT molecular complexity index is 636. The largest absolute Gasteiger partial charge is 0.275 e. The molecule has 0 saturated carbocycles. The van der Waals surface area contributed by atoms with E-state index in [-0.39, 0.29) is 0 Å². The molecule has 0 fully saturated rings. The van der Waals surface area contributed by atoms with Crippen molar-refractivity contribution in [3.8, 4) is 11.1 Å². The van der Waals surface area contributed by atoms with Gasteiger partial charge in [0.2, 0.25) is 0 Å². The zero-order valence-corrected chi connectivity index (χ0v) is 11.8. The number of rotatable bonds is 3. The lowest BCUT2D eigenvalue weighted by Crippen LogP contribution is -1.95. The van der Waals surface area contributed by atoms with Gasteiger partial charge in [-0.15, -0.1) is 0 Å². The van der Waals surface area contributed by atoms with Gasteiger partial charge in [0, 0.05) is 37.6 Å². The molecule has 3 nitrogen and oxygen atoms in total. The maximum absolute atomic E-state index is 4.65. The van der Waals surface area contributed by atoms with Gasteiger partial charge in [0.05, 0.1) is 5.69 Å². The van der Waals surface area contributed by atoms with E-state index in [0.29, 0.717) is 0 Å². The van der Waals surface area contributed by atoms with Crippen LogP contribution in [0.2, 0.25) is 0 Å². The van der Waals surface area contributed by atoms with Gasteiger partial charge in [0.25, 0.3) is 0 Å². The summed E-state index contributed by atoms with van der Waals surface area (Å²) in [4.78, 5) is 4.09. The molecular formula is C17H19N3. The molecule has 0 aliphatic heterocycles. The summed E-state index contributed by atoms with van der Waals surface area (Å²) >= 11 is 0. The third kappa shape index (κ3) is 2.87. The molecule has 0 spiro atoms. The highest BCUT2D eigenvalue weighted by Crippen LogP contribution is 2.26. The topological polar surface area (TPSA) is 30.7 Å². The van der Waals surface area contributed by atoms with E-state index < -0.39 is 0 Å². The normalized spacial score (nSPS) is 14.9. The first-order chi connectivity index (χ1) is 9.83. The summed E-state index contributed by atoms with van der Waals surface area (Å²) in [7, 11) is 1.98. The van der Waals surface area contributed by atoms with Crippen molar-refractivity contribution in [2.45, 2.75) is 25.7 Å². The predicted molar refractivity (Wildman–Crippen MR) is 81.2 cm³/mol. The highest BCUT2D eigenvalue weighted by Gasteiger charge is 2.12. The lowest BCUT2D eigenvalue weighted by Gasteiger charge is -2.05. The third-order valence-corrected chi connectivity index (χ3v) is 3.63. The molecule has 0 atom stereocenters. The SMILES string of the molecule is Cn1cc(-c2ccncc2)c(CC2=CCC=CCC2)n1. The van der Waals surface area contributed by atoms with Crippen LogP contribution in [0.3, 0.4) is 0 Å². The predicted octanol–water partition coefficient (Wildman–Crippen LogP) is 3.69. The van der Waals surface area contributed by atoms with Crippen molar-refractivity contribution in [1.29, 1.82) is 0 Å². The second kappa shape index (κ2) is 5.87. The summed E-state index contributed by atoms with van der Waals surface area (Å²) < 4.78 is 1.90. The number of hydrogen-bond donors (Lipinski definition) is 0. The molecule has 2 aromatic rings. The highest BCUT2D eigenvalue weighted by atomic mass is 15.2. The van der Waals surface area contributed by atoms with Crippen molar-refractivity contribution in [3.63, 3.8) is 0 Å². The molecule has 1 aliphatic carbocycles. The van der Waals surface area contributed by atoms with Crippen molar-refractivity contribution in [2.24, 2.45) is 7.05 Å². The van der Waals surface area contributed by atoms with Crippen LogP contribution in [0, 0.1) is 0 Å². The summed E-state index contributed by atoms with van der Waals surface area (Å²) in [6.45, 7) is 0. The van der Waals surface area contributed by atoms with Crippen molar-refractivity contribution in [2.75, 3.05) is 0 Å². The third-order valence-electron chi connectivity index (χ3n) is 3.63. The molecule has 0 aromatic carbocycles. The summed E-state index contributed by atoms with van der Waals surface area (Å²) in [6.07, 6.45) is 16.9. The number of pyridine rings is 1. The highest BCUT2D eigenvalue weighted by molar-refractivity contribution is 5.65. The molecule has 0 unspecified atom stereocenters. The molecule has 20 heavy (non-hydrogen) atoms. The van der Waals surface area contributed by atoms with E-state index in [1.54, 1.807) is 0 Å². The van der Waals surface area contributed by atoms with Crippen LogP contribution in [0.5, 0.6) is 0 Å². The van der Waals surface area contributed by atoms with Crippen LogP contribution in [-0.4, -0.2) is 14.8 Å². The Labute approximate surface area is 119 Å². The van der Waals surface area contributed by atoms with Gasteiger partial charge in [-0.05, 0) is 37.0 Å². The van der Waals surface area contributed by atoms with Crippen molar-refractivity contribution in [3.05, 3.63) is 60.2 Å². The first-order valence-corrected chi connectivity index (χ1v) is 7.09. The standard InChI is InChI=1S/C17H19N3/c1-20-13-16(15-8-10-18-11-9-15)17(19-20)12-14-6-4-2-3-5-7-14/h2-3,6,8-11,13H,4-5,7,12H2,1H3. The summed E-state index contributed by atoms with van der Waals surface area (Å²) in [5.74, 6) is 0. The average Bonchev–Trinajstić information content (AvgIpc) is 2.67. The van der Waals surface area contributed by atoms with Crippen LogP contribution in [0.1, 0.15) is 25.0 Å². The van der Waals surface area contributed by atoms with Gasteiger partial charge < -0.3 is 0 Å². The molecule has 0 saturated heterocycles. The Hall–Kier alpha value is -2.16. The van der Waals surface area contributed by atoms with Crippen LogP contribution in [0.15, 0.2) is 54.5 Å². The summed E-state index contributed by atoms with van der Waals surface area (Å²) in [6, 6.07) is 4.09. The minimum absolute atomic E-state index is 0.945. The van der Waals surface area contributed by atoms with Gasteiger partial charge in [-0.25, -0.2) is 0 Å². The van der Waals surface area contributed by atoms with E-state index in [4.69, 9.17) is 0 Å². The Balaban J connectivity index is 1.88. The van der Waals surface area contributed by atoms with E-state index in [1.807, 2.05) is 36.3 Å². The molecule has 2 aromatic heterocycles. The van der Waals surface area contributed by atoms with Gasteiger partial charge in [-0.1, -0.05) is 23.8 Å². The van der Waals surface area contributed by atoms with Crippen molar-refractivity contribution >= 4 is 0 Å². The van der Waals surface area contributed by atoms with Gasteiger partial charge in [0.1, 0.15) is 0 Å². The fraction of sp³-hybridized carbons (Fsp3) is 0.294. The maximum atomic E-state index is 4.65. The van der Waals surface area contributed by atoms with Gasteiger partial charge >= 0.3 is 0 Å². The van der Waals surface area contributed by atoms with Crippen LogP contribution >= 0.6 is 0 Å². The van der Waals surface area contributed by atoms with Crippen molar-refractivity contribution in [1.82, 2.24) is 14.8 Å². The van der Waals surface area contributed by atoms with Crippen LogP contribution in [-0.2, 0) is 13.5 Å². The lowest BCUT2D eigenvalue weighted by atomic mass is 10.00. The lowest BCUT2D eigenvalue weighted by molar-refractivity contribution is 0.744. The Morgan fingerprint density at radius 2 is 2.05 bits per heavy atom. The molecule has 0 amide bonds. The minimum Gasteiger partial charge on any atom is -0.275 e. The number of nitrogens with zero attached hydrogens (tertiary/aromatic N) is 3. The smallest absolute Gasteiger partial charge is 0.0743 e. The number of aromatic nitrogens is 3. The number of hydrogen-bond acceptors (Lipinski definition) is 2. The quantitative estimate of drug-likeness (QED) is 0.792. The fourth-order valence-corrected chi connectivity index (χ4v) is 2.63. The molecule has 3 heteroatoms. The van der Waals surface area contributed by atoms with E-state index in [2.05, 4.69) is 34.5 Å². The number of aryl methyl sites for hydroxylation is 1. The van der Waals surface area contributed by atoms with Gasteiger partial charge in [0.15, 0.2) is 0 Å². The van der Waals surface area contributed by atoms with E-state index in [1.165, 1.54) is 16.7 Å². The molecule has 0 N–H and O–H groups in total. The fourth-order valence-electron chi connectivity index (χ4n) is 2.63. The first-order valence-electron chi connectivity index (χ1n) is 7.09. The zero-order valence-electron chi connectivity index (χ0n) is 11.8. The Kier molecular flexibility index (Phi) is 3.77. The minimum atomic E-state index is 0.945. The molecular weight excluding hydrogens is 246 g/mol. The second-order valence-corrected chi connectivity index (χ2v) is 5.18. The van der Waals surface area contributed by atoms with E-state index in [9.17, 15) is 0 Å². The summed E-state index contributed by atoms with van der Waals surface area (Å²) in [5.41, 5.74) is 5.05. The van der Waals surface area contributed by atoms with Gasteiger partial charge in [-0.3, -0.25) is 9.67 Å². The van der Waals surface area contributed by atoms with E-state index in [0.717, 1.165) is 31.4 Å². The van der Waals surface area contributed by atoms with Crippen molar-refractivity contribution < 1.29 is 0 Å². The Morgan fingerprint density at radius 3 is 2.90 bits per heavy atom. The van der Waals surface area contributed by atoms with Crippen LogP contribution in [0.25, 0.3) is 11.1 Å². The Morgan fingerprint density at radius 1 is 1.20 bits per heavy atom. The maximum Gasteiger partial charge on any atom is 0.0743 e. The molecule has 0 bridgehead atoms. The first kappa shape index (κ1) is 12.9. The molecule has 102 valence electrons. The average molecular weight is 265 g/mol. The zero-order chi connectivity index (χ0) is 13.8. The second-order valence-electron chi connectivity index (χ2n) is 5.18. The summed E-state index contributed by atoms with van der Waals surface area (Å²) in [5, 5.41) is 4.65. The molecule has 3 rings (SSSR count). The molecule has 2 heterocycles. The van der Waals surface area contributed by atoms with Gasteiger partial charge in [-0.2, -0.15) is 5.10 Å². The molecule has 0 radical (unpaired) electrons.